The maximum Gasteiger partial charge on any atom is 0.410 e. The fourth-order valence-corrected chi connectivity index (χ4v) is 4.25. The Bertz CT molecular complexity index is 519. The van der Waals surface area contributed by atoms with Crippen molar-refractivity contribution in [3.8, 4) is 0 Å². The Morgan fingerprint density at radius 1 is 1.27 bits per heavy atom. The summed E-state index contributed by atoms with van der Waals surface area (Å²) < 4.78 is 5.77. The Balaban J connectivity index is 1.45. The number of rotatable bonds is 6. The van der Waals surface area contributed by atoms with Gasteiger partial charge in [0.25, 0.3) is 0 Å². The number of carbonyl (C=O) groups is 2. The molecule has 0 aliphatic carbocycles. The summed E-state index contributed by atoms with van der Waals surface area (Å²) in [5.41, 5.74) is -0.398. The third-order valence-electron chi connectivity index (χ3n) is 6.06. The molecule has 3 heterocycles. The molecule has 1 unspecified atom stereocenters. The SMILES string of the molecule is CNCC(=O)N1CCC2(CC1)CN(CCN1CCC(N(C)C)C1)C(=O)O2. The maximum atomic E-state index is 12.3. The molecule has 0 radical (unpaired) electrons. The molecule has 0 aromatic carbocycles. The van der Waals surface area contributed by atoms with E-state index in [-0.39, 0.29) is 12.0 Å². The Hall–Kier alpha value is -1.38. The van der Waals surface area contributed by atoms with Gasteiger partial charge in [0, 0.05) is 51.6 Å². The van der Waals surface area contributed by atoms with E-state index in [2.05, 4.69) is 29.2 Å². The fraction of sp³-hybridized carbons (Fsp3) is 0.889. The van der Waals surface area contributed by atoms with E-state index in [1.807, 2.05) is 9.80 Å². The predicted molar refractivity (Wildman–Crippen MR) is 99.1 cm³/mol. The van der Waals surface area contributed by atoms with Gasteiger partial charge in [-0.2, -0.15) is 0 Å². The first kappa shape index (κ1) is 19.4. The van der Waals surface area contributed by atoms with Gasteiger partial charge in [-0.3, -0.25) is 9.69 Å². The van der Waals surface area contributed by atoms with Crippen molar-refractivity contribution in [2.45, 2.75) is 30.9 Å². The molecule has 8 heteroatoms. The molecule has 148 valence electrons. The Morgan fingerprint density at radius 3 is 2.62 bits per heavy atom. The van der Waals surface area contributed by atoms with Crippen molar-refractivity contribution in [2.75, 3.05) is 73.5 Å². The van der Waals surface area contributed by atoms with Crippen LogP contribution in [0.25, 0.3) is 0 Å². The molecular formula is C18H33N5O3. The number of likely N-dealkylation sites (tertiary alicyclic amines) is 2. The number of nitrogens with one attached hydrogen (secondary N) is 1. The molecule has 1 atom stereocenters. The van der Waals surface area contributed by atoms with Crippen LogP contribution in [0, 0.1) is 0 Å². The number of amides is 2. The normalized spacial score (nSPS) is 26.2. The van der Waals surface area contributed by atoms with E-state index < -0.39 is 5.60 Å². The number of piperidine rings is 1. The largest absolute Gasteiger partial charge is 0.441 e. The first-order chi connectivity index (χ1) is 12.4. The monoisotopic (exact) mass is 367 g/mol. The van der Waals surface area contributed by atoms with Crippen LogP contribution in [-0.4, -0.2) is 117 Å². The van der Waals surface area contributed by atoms with Crippen molar-refractivity contribution in [3.05, 3.63) is 0 Å². The summed E-state index contributed by atoms with van der Waals surface area (Å²) in [7, 11) is 6.04. The van der Waals surface area contributed by atoms with E-state index in [4.69, 9.17) is 4.74 Å². The lowest BCUT2D eigenvalue weighted by molar-refractivity contribution is -0.133. The molecule has 0 aromatic rings. The number of carbonyl (C=O) groups excluding carboxylic acids is 2. The molecule has 0 saturated carbocycles. The second-order valence-corrected chi connectivity index (χ2v) is 8.09. The topological polar surface area (TPSA) is 68.4 Å². The quantitative estimate of drug-likeness (QED) is 0.693. The first-order valence-electron chi connectivity index (χ1n) is 9.71. The maximum absolute atomic E-state index is 12.3. The lowest BCUT2D eigenvalue weighted by atomic mass is 9.91. The minimum atomic E-state index is -0.398. The van der Waals surface area contributed by atoms with Crippen LogP contribution in [0.15, 0.2) is 0 Å². The second kappa shape index (κ2) is 8.10. The van der Waals surface area contributed by atoms with Crippen LogP contribution >= 0.6 is 0 Å². The number of hydrogen-bond acceptors (Lipinski definition) is 6. The minimum Gasteiger partial charge on any atom is -0.441 e. The number of ether oxygens (including phenoxy) is 1. The Kier molecular flexibility index (Phi) is 6.04. The summed E-state index contributed by atoms with van der Waals surface area (Å²) in [5, 5.41) is 2.90. The molecule has 1 spiro atoms. The number of nitrogens with zero attached hydrogens (tertiary/aromatic N) is 4. The zero-order valence-corrected chi connectivity index (χ0v) is 16.4. The average Bonchev–Trinajstić information content (AvgIpc) is 3.19. The van der Waals surface area contributed by atoms with Crippen molar-refractivity contribution in [1.82, 2.24) is 24.9 Å². The van der Waals surface area contributed by atoms with Gasteiger partial charge < -0.3 is 24.8 Å². The van der Waals surface area contributed by atoms with Gasteiger partial charge in [0.05, 0.1) is 13.1 Å². The van der Waals surface area contributed by atoms with Gasteiger partial charge in [-0.1, -0.05) is 0 Å². The van der Waals surface area contributed by atoms with Crippen LogP contribution < -0.4 is 5.32 Å². The molecule has 2 amide bonds. The lowest BCUT2D eigenvalue weighted by Gasteiger charge is -2.37. The molecule has 3 fully saturated rings. The van der Waals surface area contributed by atoms with E-state index in [1.165, 1.54) is 6.42 Å². The van der Waals surface area contributed by atoms with Crippen molar-refractivity contribution in [1.29, 1.82) is 0 Å². The van der Waals surface area contributed by atoms with Crippen LogP contribution in [0.4, 0.5) is 4.79 Å². The minimum absolute atomic E-state index is 0.119. The van der Waals surface area contributed by atoms with Crippen LogP contribution in [-0.2, 0) is 9.53 Å². The Labute approximate surface area is 156 Å². The molecule has 3 saturated heterocycles. The third kappa shape index (κ3) is 4.29. The highest BCUT2D eigenvalue weighted by molar-refractivity contribution is 5.78. The number of likely N-dealkylation sites (N-methyl/N-ethyl adjacent to an activating group) is 2. The van der Waals surface area contributed by atoms with Crippen molar-refractivity contribution < 1.29 is 14.3 Å². The zero-order valence-electron chi connectivity index (χ0n) is 16.4. The van der Waals surface area contributed by atoms with Gasteiger partial charge in [-0.05, 0) is 34.1 Å². The van der Waals surface area contributed by atoms with Crippen LogP contribution in [0.1, 0.15) is 19.3 Å². The molecular weight excluding hydrogens is 334 g/mol. The van der Waals surface area contributed by atoms with Crippen molar-refractivity contribution in [3.63, 3.8) is 0 Å². The van der Waals surface area contributed by atoms with E-state index in [1.54, 1.807) is 7.05 Å². The molecule has 0 aromatic heterocycles. The zero-order chi connectivity index (χ0) is 18.7. The summed E-state index contributed by atoms with van der Waals surface area (Å²) in [4.78, 5) is 32.8. The highest BCUT2D eigenvalue weighted by Gasteiger charge is 2.47. The smallest absolute Gasteiger partial charge is 0.410 e. The molecule has 3 aliphatic rings. The molecule has 26 heavy (non-hydrogen) atoms. The lowest BCUT2D eigenvalue weighted by Crippen LogP contribution is -2.50. The van der Waals surface area contributed by atoms with Crippen molar-refractivity contribution >= 4 is 12.0 Å². The van der Waals surface area contributed by atoms with Crippen LogP contribution in [0.2, 0.25) is 0 Å². The summed E-state index contributed by atoms with van der Waals surface area (Å²) in [5.74, 6) is 0.119. The van der Waals surface area contributed by atoms with Crippen LogP contribution in [0.5, 0.6) is 0 Å². The van der Waals surface area contributed by atoms with Gasteiger partial charge >= 0.3 is 6.09 Å². The highest BCUT2D eigenvalue weighted by atomic mass is 16.6. The van der Waals surface area contributed by atoms with E-state index >= 15 is 0 Å². The van der Waals surface area contributed by atoms with E-state index in [0.29, 0.717) is 32.2 Å². The predicted octanol–water partition coefficient (Wildman–Crippen LogP) is -0.345. The van der Waals surface area contributed by atoms with Gasteiger partial charge in [0.15, 0.2) is 0 Å². The van der Waals surface area contributed by atoms with E-state index in [0.717, 1.165) is 39.0 Å². The van der Waals surface area contributed by atoms with Gasteiger partial charge in [0.1, 0.15) is 5.60 Å². The molecule has 8 nitrogen and oxygen atoms in total. The number of hydrogen-bond donors (Lipinski definition) is 1. The summed E-state index contributed by atoms with van der Waals surface area (Å²) in [6, 6.07) is 0.617. The third-order valence-corrected chi connectivity index (χ3v) is 6.06. The summed E-state index contributed by atoms with van der Waals surface area (Å²) in [6.07, 6.45) is 2.47. The van der Waals surface area contributed by atoms with Crippen molar-refractivity contribution in [2.24, 2.45) is 0 Å². The van der Waals surface area contributed by atoms with Gasteiger partial charge in [0.2, 0.25) is 5.91 Å². The fourth-order valence-electron chi connectivity index (χ4n) is 4.25. The van der Waals surface area contributed by atoms with Gasteiger partial charge in [-0.15, -0.1) is 0 Å². The molecule has 3 aliphatic heterocycles. The average molecular weight is 367 g/mol. The standard InChI is InChI=1S/C18H33N5O3/c1-19-12-16(24)22-8-5-18(6-9-22)14-23(17(25)26-18)11-10-21-7-4-15(13-21)20(2)3/h15,19H,4-14H2,1-3H3. The Morgan fingerprint density at radius 2 is 2.00 bits per heavy atom. The molecule has 3 rings (SSSR count). The van der Waals surface area contributed by atoms with Crippen LogP contribution in [0.3, 0.4) is 0 Å². The highest BCUT2D eigenvalue weighted by Crippen LogP contribution is 2.33. The van der Waals surface area contributed by atoms with Gasteiger partial charge in [-0.25, -0.2) is 4.79 Å². The molecule has 0 bridgehead atoms. The summed E-state index contributed by atoms with van der Waals surface area (Å²) >= 11 is 0. The molecule has 1 N–H and O–H groups in total. The second-order valence-electron chi connectivity index (χ2n) is 8.09. The summed E-state index contributed by atoms with van der Waals surface area (Å²) in [6.45, 7) is 6.15. The first-order valence-corrected chi connectivity index (χ1v) is 9.71. The van der Waals surface area contributed by atoms with E-state index in [9.17, 15) is 9.59 Å².